The van der Waals surface area contributed by atoms with E-state index >= 15 is 0 Å². The fourth-order valence-corrected chi connectivity index (χ4v) is 19.0. The zero-order valence-electron chi connectivity index (χ0n) is 74.2. The first-order valence-electron chi connectivity index (χ1n) is 42.9. The van der Waals surface area contributed by atoms with Gasteiger partial charge in [-0.2, -0.15) is 145 Å². The van der Waals surface area contributed by atoms with E-state index in [-0.39, 0.29) is 78.4 Å². The second-order valence-electron chi connectivity index (χ2n) is 41.4. The Morgan fingerprint density at radius 1 is 0.275 bits per heavy atom. The highest BCUT2D eigenvalue weighted by molar-refractivity contribution is 5.03. The van der Waals surface area contributed by atoms with Crippen LogP contribution in [0.1, 0.15) is 351 Å². The molecule has 120 heavy (non-hydrogen) atoms. The van der Waals surface area contributed by atoms with Gasteiger partial charge in [0.05, 0.1) is 28.6 Å². The average Bonchev–Trinajstić information content (AvgIpc) is 0.744. The van der Waals surface area contributed by atoms with Gasteiger partial charge in [-0.25, -0.2) is 0 Å². The zero-order valence-corrected chi connectivity index (χ0v) is 74.2. The molecule has 0 amide bonds. The molecular formula is C87H141F33. The van der Waals surface area contributed by atoms with Crippen molar-refractivity contribution in [3.8, 4) is 0 Å². The van der Waals surface area contributed by atoms with Crippen molar-refractivity contribution in [2.75, 3.05) is 0 Å². The summed E-state index contributed by atoms with van der Waals surface area (Å²) in [5.74, 6) is -1.89. The third kappa shape index (κ3) is 31.5. The fraction of sp³-hybridized carbons (Fsp3) is 1.00. The molecular weight excluding hydrogens is 1670 g/mol. The van der Waals surface area contributed by atoms with Crippen LogP contribution in [-0.4, -0.2) is 67.9 Å². The number of halogens is 33. The lowest BCUT2D eigenvalue weighted by molar-refractivity contribution is -0.364. The largest absolute Gasteiger partial charge is 0.403 e. The maximum absolute atomic E-state index is 13.0. The summed E-state index contributed by atoms with van der Waals surface area (Å²) < 4.78 is 414. The van der Waals surface area contributed by atoms with Crippen molar-refractivity contribution in [1.29, 1.82) is 0 Å². The molecule has 9 atom stereocenters. The molecule has 720 valence electrons. The van der Waals surface area contributed by atoms with Crippen LogP contribution in [0.5, 0.6) is 0 Å². The molecule has 1 spiro atoms. The number of fused-ring (bicyclic) bond motifs is 3. The second kappa shape index (κ2) is 42.5. The van der Waals surface area contributed by atoms with Crippen LogP contribution in [0, 0.1) is 132 Å². The van der Waals surface area contributed by atoms with Crippen molar-refractivity contribution in [3.05, 3.63) is 0 Å². The van der Waals surface area contributed by atoms with Crippen LogP contribution in [0.4, 0.5) is 145 Å². The molecule has 0 saturated heterocycles. The maximum Gasteiger partial charge on any atom is 0.403 e. The standard InChI is InChI=1S/C14H20F6.2C10H19F3.C10H18.2C9H12F6.C9H15F3.2C8H13F3/c1-10-2-4-11(5-3-10)6-8-12(9-7-11,13(15,16)17)14(18,19)20;2*1-7(8(2,3)4)9(5,6)10(11,12)13;1-8-7-9-3-5-10(8,2)6-4-9;1-6-2-4-7(5-3-6,8(10,11)12)9(13,14)15;1-6-4-2-3-5-7(6,8(10,11)12)9(13,14)15;1-6-4-3-5-8(7(6)2)9(10,11)12;1-6-2-4-7(5-3-6)8(9,10)11;1-6-3-2-4-7(5-6)8(9,10)11/h10H,2-9H2,1H3;2*7H,1-6H3;8-9H,3-7H2,1-2H3;2*6H,2-5H2,1H3;6-8H,3-5H2,1-2H3;2*6-7H,2-5H2,1H3/t;2*7-;8-,9?,10?;;6-;6?,7-,8?;;6-,7?/m.110.11.1/s1. The minimum absolute atomic E-state index is 0.0106. The molecule has 10 rings (SSSR count). The summed E-state index contributed by atoms with van der Waals surface area (Å²) in [5, 5.41) is 0. The van der Waals surface area contributed by atoms with Gasteiger partial charge in [0.2, 0.25) is 0 Å². The lowest BCUT2D eigenvalue weighted by Crippen LogP contribution is -2.55. The van der Waals surface area contributed by atoms with E-state index < -0.39 is 163 Å². The third-order valence-corrected chi connectivity index (χ3v) is 30.5. The minimum Gasteiger partial charge on any atom is -0.171 e. The summed E-state index contributed by atoms with van der Waals surface area (Å²) in [6, 6.07) is 0. The van der Waals surface area contributed by atoms with Gasteiger partial charge in [-0.15, -0.1) is 0 Å². The lowest BCUT2D eigenvalue weighted by Gasteiger charge is -2.49. The summed E-state index contributed by atoms with van der Waals surface area (Å²) >= 11 is 0. The van der Waals surface area contributed by atoms with Crippen LogP contribution < -0.4 is 0 Å². The van der Waals surface area contributed by atoms with Gasteiger partial charge in [-0.1, -0.05) is 210 Å². The first-order valence-corrected chi connectivity index (χ1v) is 42.9. The summed E-state index contributed by atoms with van der Waals surface area (Å²) in [7, 11) is 0. The SMILES string of the molecule is CC1CCC(C(F)(F)F)(C(F)(F)F)CC1.CC1CCC(C(F)(F)F)CC1.CC1CCC2(CC1)CCC(C(F)(F)F)(C(F)(F)F)CC2.CC1CCCC(C(F)(F)F)[C@@H]1C.C[C@@H]1CCCC(C(F)(F)F)C1.C[C@@H]1CCCCC1(C(F)(F)F)C(F)(F)F.C[C@H](C(C)(C)C)C(C)(C)C(F)(F)F.C[C@H](C(C)(C)C)C(C)(C)C(F)(F)F.C[C@H]1CC2CCC1(C)CC2. The Morgan fingerprint density at radius 2 is 0.625 bits per heavy atom. The van der Waals surface area contributed by atoms with E-state index in [1.165, 1.54) is 59.8 Å². The van der Waals surface area contributed by atoms with Gasteiger partial charge in [0.15, 0.2) is 16.2 Å². The minimum atomic E-state index is -5.20. The Balaban J connectivity index is 0.000000680. The summed E-state index contributed by atoms with van der Waals surface area (Å²) in [6.45, 7) is 36.7. The monoisotopic (exact) mass is 1810 g/mol. The van der Waals surface area contributed by atoms with Gasteiger partial charge in [0.25, 0.3) is 0 Å². The van der Waals surface area contributed by atoms with Gasteiger partial charge in [-0.3, -0.25) is 0 Å². The molecule has 0 aromatic rings. The molecule has 3 unspecified atom stereocenters. The number of alkyl halides is 33. The van der Waals surface area contributed by atoms with Crippen molar-refractivity contribution in [2.45, 2.75) is 419 Å². The van der Waals surface area contributed by atoms with E-state index in [0.29, 0.717) is 50.4 Å². The van der Waals surface area contributed by atoms with Crippen LogP contribution in [0.3, 0.4) is 0 Å². The van der Waals surface area contributed by atoms with Crippen LogP contribution in [0.2, 0.25) is 0 Å². The first-order chi connectivity index (χ1) is 53.2. The molecule has 0 aromatic carbocycles. The number of hydrogen-bond acceptors (Lipinski definition) is 0. The Labute approximate surface area is 693 Å². The fourth-order valence-electron chi connectivity index (χ4n) is 19.0. The number of rotatable bonds is 2. The molecule has 0 aliphatic heterocycles. The van der Waals surface area contributed by atoms with Crippen molar-refractivity contribution in [2.24, 2.45) is 132 Å². The summed E-state index contributed by atoms with van der Waals surface area (Å²) in [5.41, 5.74) is -13.8. The quantitative estimate of drug-likeness (QED) is 0.242. The Morgan fingerprint density at radius 3 is 0.883 bits per heavy atom. The molecule has 0 aromatic heterocycles. The van der Waals surface area contributed by atoms with E-state index in [9.17, 15) is 145 Å². The molecule has 2 bridgehead atoms. The smallest absolute Gasteiger partial charge is 0.171 e. The lowest BCUT2D eigenvalue weighted by atomic mass is 9.57. The molecule has 0 N–H and O–H groups in total. The summed E-state index contributed by atoms with van der Waals surface area (Å²) in [4.78, 5) is 0. The molecule has 10 fully saturated rings. The van der Waals surface area contributed by atoms with E-state index in [0.717, 1.165) is 88.4 Å². The average molecular weight is 1810 g/mol. The van der Waals surface area contributed by atoms with Crippen LogP contribution >= 0.6 is 0 Å². The molecule has 10 aliphatic carbocycles. The second-order valence-corrected chi connectivity index (χ2v) is 41.4. The Hall–Kier alpha value is -2.31. The van der Waals surface area contributed by atoms with E-state index in [1.807, 2.05) is 62.3 Å². The van der Waals surface area contributed by atoms with Crippen LogP contribution in [-0.2, 0) is 0 Å². The summed E-state index contributed by atoms with van der Waals surface area (Å²) in [6.07, 6.45) is -37.3. The third-order valence-electron chi connectivity index (χ3n) is 30.5. The highest BCUT2D eigenvalue weighted by atomic mass is 19.5. The molecule has 33 heteroatoms. The maximum atomic E-state index is 13.0. The highest BCUT2D eigenvalue weighted by Crippen LogP contribution is 2.66. The van der Waals surface area contributed by atoms with Gasteiger partial charge < -0.3 is 0 Å². The van der Waals surface area contributed by atoms with Gasteiger partial charge in [0, 0.05) is 0 Å². The molecule has 0 heterocycles. The normalized spacial score (nSPS) is 29.4. The predicted molar refractivity (Wildman–Crippen MR) is 404 cm³/mol. The van der Waals surface area contributed by atoms with Gasteiger partial charge >= 0.3 is 67.9 Å². The van der Waals surface area contributed by atoms with Crippen molar-refractivity contribution in [3.63, 3.8) is 0 Å². The van der Waals surface area contributed by atoms with E-state index in [4.69, 9.17) is 0 Å². The Kier molecular flexibility index (Phi) is 41.0. The van der Waals surface area contributed by atoms with Crippen molar-refractivity contribution >= 4 is 0 Å². The molecule has 10 aliphatic rings. The van der Waals surface area contributed by atoms with E-state index in [1.54, 1.807) is 27.7 Å². The van der Waals surface area contributed by atoms with Crippen molar-refractivity contribution in [1.82, 2.24) is 0 Å². The Bertz CT molecular complexity index is 2780. The van der Waals surface area contributed by atoms with Crippen LogP contribution in [0.15, 0.2) is 0 Å². The molecule has 0 radical (unpaired) electrons. The topological polar surface area (TPSA) is 0 Å². The zero-order chi connectivity index (χ0) is 94.7. The molecule has 10 saturated carbocycles. The van der Waals surface area contributed by atoms with E-state index in [2.05, 4.69) is 20.8 Å². The van der Waals surface area contributed by atoms with Crippen molar-refractivity contribution < 1.29 is 145 Å². The number of hydrogen-bond donors (Lipinski definition) is 0. The van der Waals surface area contributed by atoms with Gasteiger partial charge in [0.1, 0.15) is 0 Å². The highest BCUT2D eigenvalue weighted by Gasteiger charge is 2.74. The van der Waals surface area contributed by atoms with Crippen LogP contribution in [0.25, 0.3) is 0 Å². The first kappa shape index (κ1) is 116. The predicted octanol–water partition coefficient (Wildman–Crippen LogP) is 36.6. The molecule has 0 nitrogen and oxygen atoms in total. The van der Waals surface area contributed by atoms with Gasteiger partial charge in [-0.05, 0) is 228 Å².